The third-order valence-electron chi connectivity index (χ3n) is 3.14. The molecule has 1 N–H and O–H groups in total. The minimum atomic E-state index is -5.13. The number of amides is 2. The number of carbonyl (C=O) groups excluding carboxylic acids is 1. The number of anilines is 1. The summed E-state index contributed by atoms with van der Waals surface area (Å²) in [6.07, 6.45) is -5.13. The fourth-order valence-corrected chi connectivity index (χ4v) is 2.98. The van der Waals surface area contributed by atoms with E-state index in [0.29, 0.717) is 4.90 Å². The number of halogens is 3. The maximum Gasteiger partial charge on any atom is 0.573 e. The first-order valence-electron chi connectivity index (χ1n) is 7.46. The Morgan fingerprint density at radius 2 is 1.60 bits per heavy atom. The smallest absolute Gasteiger partial charge is 0.467 e. The van der Waals surface area contributed by atoms with E-state index < -0.39 is 33.1 Å². The van der Waals surface area contributed by atoms with Crippen LogP contribution in [0.4, 0.5) is 23.9 Å². The number of sulfonamides is 1. The molecule has 0 aliphatic carbocycles. The number of aromatic nitrogens is 3. The molecule has 1 aromatic heterocycles. The predicted molar refractivity (Wildman–Crippen MR) is 95.9 cm³/mol. The number of nitrogens with one attached hydrogen (secondary N) is 1. The van der Waals surface area contributed by atoms with E-state index in [0.717, 1.165) is 31.3 Å². The van der Waals surface area contributed by atoms with Gasteiger partial charge >= 0.3 is 24.4 Å². The monoisotopic (exact) mass is 460 g/mol. The molecule has 0 atom stereocenters. The summed E-state index contributed by atoms with van der Waals surface area (Å²) in [7, 11) is -1.16. The largest absolute Gasteiger partial charge is 0.573 e. The van der Waals surface area contributed by atoms with Crippen molar-refractivity contribution in [1.29, 1.82) is 0 Å². The fraction of sp³-hybridized carbons (Fsp3) is 0.286. The molecule has 0 unspecified atom stereocenters. The number of hydrogen-bond acceptors (Lipinski definition) is 9. The van der Waals surface area contributed by atoms with Crippen LogP contribution in [0.15, 0.2) is 29.2 Å². The van der Waals surface area contributed by atoms with Crippen LogP contribution in [0.2, 0.25) is 0 Å². The third kappa shape index (κ3) is 6.58. The van der Waals surface area contributed by atoms with E-state index in [-0.39, 0.29) is 47.5 Å². The van der Waals surface area contributed by atoms with E-state index in [1.165, 1.54) is 14.2 Å². The van der Waals surface area contributed by atoms with E-state index in [4.69, 9.17) is 9.47 Å². The molecule has 11 nitrogen and oxygen atoms in total. The van der Waals surface area contributed by atoms with Gasteiger partial charge in [-0.3, -0.25) is 4.90 Å². The van der Waals surface area contributed by atoms with Gasteiger partial charge in [-0.15, -0.1) is 18.2 Å². The molecule has 0 bridgehead atoms. The molecule has 0 fully saturated rings. The van der Waals surface area contributed by atoms with Gasteiger partial charge in [0.25, 0.3) is 10.0 Å². The number of alkyl halides is 3. The van der Waals surface area contributed by atoms with E-state index in [1.807, 2.05) is 0 Å². The Balaban J connectivity index is 0.00000450. The zero-order chi connectivity index (χ0) is 21.8. The third-order valence-corrected chi connectivity index (χ3v) is 4.50. The zero-order valence-electron chi connectivity index (χ0n) is 16.1. The van der Waals surface area contributed by atoms with Crippen molar-refractivity contribution in [2.24, 2.45) is 0 Å². The van der Waals surface area contributed by atoms with Crippen molar-refractivity contribution in [3.8, 4) is 17.8 Å². The molecule has 0 spiro atoms. The Hall–Kier alpha value is -2.36. The van der Waals surface area contributed by atoms with E-state index in [1.54, 1.807) is 4.72 Å². The molecule has 2 rings (SSSR count). The summed E-state index contributed by atoms with van der Waals surface area (Å²) in [6.45, 7) is 0. The summed E-state index contributed by atoms with van der Waals surface area (Å²) in [5, 5.41) is 0. The second kappa shape index (κ2) is 10.1. The number of methoxy groups -OCH3 is 2. The summed E-state index contributed by atoms with van der Waals surface area (Å²) in [6, 6.07) is 2.20. The SMILES string of the molecule is COc1nc(OC)nc(N(C)C(=O)NS(=O)(=O)c2ccccc2OC(F)(F)F)n1.[Na]. The molecule has 0 aliphatic rings. The Morgan fingerprint density at radius 3 is 2.10 bits per heavy atom. The second-order valence-corrected chi connectivity index (χ2v) is 6.72. The van der Waals surface area contributed by atoms with Crippen LogP contribution in [0.5, 0.6) is 17.8 Å². The van der Waals surface area contributed by atoms with Crippen molar-refractivity contribution in [1.82, 2.24) is 19.7 Å². The molecule has 0 aliphatic heterocycles. The Bertz CT molecular complexity index is 986. The number of benzene rings is 1. The molecule has 0 saturated heterocycles. The maximum atomic E-state index is 12.5. The van der Waals surface area contributed by atoms with Gasteiger partial charge in [-0.1, -0.05) is 12.1 Å². The number of nitrogens with zero attached hydrogens (tertiary/aromatic N) is 4. The Morgan fingerprint density at radius 1 is 1.07 bits per heavy atom. The van der Waals surface area contributed by atoms with Gasteiger partial charge in [-0.2, -0.15) is 9.97 Å². The minimum Gasteiger partial charge on any atom is -0.467 e. The molecule has 16 heteroatoms. The van der Waals surface area contributed by atoms with Crippen molar-refractivity contribution < 1.29 is 40.6 Å². The first kappa shape index (κ1) is 25.7. The van der Waals surface area contributed by atoms with Crippen LogP contribution in [0.3, 0.4) is 0 Å². The van der Waals surface area contributed by atoms with Crippen LogP contribution in [-0.4, -0.2) is 86.6 Å². The molecule has 159 valence electrons. The van der Waals surface area contributed by atoms with Crippen molar-refractivity contribution in [2.75, 3.05) is 26.2 Å². The van der Waals surface area contributed by atoms with Crippen LogP contribution in [0.1, 0.15) is 0 Å². The van der Waals surface area contributed by atoms with Gasteiger partial charge in [0.1, 0.15) is 10.6 Å². The van der Waals surface area contributed by atoms with E-state index in [9.17, 15) is 26.4 Å². The number of carbonyl (C=O) groups is 1. The molecule has 2 amide bonds. The summed E-state index contributed by atoms with van der Waals surface area (Å²) in [5.74, 6) is -1.35. The van der Waals surface area contributed by atoms with Crippen LogP contribution < -0.4 is 23.8 Å². The second-order valence-electron chi connectivity index (χ2n) is 5.07. The molecule has 2 aromatic rings. The Labute approximate surface area is 190 Å². The van der Waals surface area contributed by atoms with Gasteiger partial charge in [0.15, 0.2) is 0 Å². The quantitative estimate of drug-likeness (QED) is 0.626. The summed E-state index contributed by atoms with van der Waals surface area (Å²) >= 11 is 0. The van der Waals surface area contributed by atoms with Gasteiger partial charge in [0.2, 0.25) is 5.95 Å². The average Bonchev–Trinajstić information content (AvgIpc) is 2.65. The normalized spacial score (nSPS) is 11.1. The van der Waals surface area contributed by atoms with Crippen LogP contribution in [-0.2, 0) is 10.0 Å². The average molecular weight is 460 g/mol. The van der Waals surface area contributed by atoms with Crippen molar-refractivity contribution in [2.45, 2.75) is 11.3 Å². The number of urea groups is 1. The van der Waals surface area contributed by atoms with Gasteiger partial charge in [0, 0.05) is 36.6 Å². The summed E-state index contributed by atoms with van der Waals surface area (Å²) < 4.78 is 77.3. The van der Waals surface area contributed by atoms with Crippen LogP contribution in [0, 0.1) is 0 Å². The zero-order valence-corrected chi connectivity index (χ0v) is 18.9. The first-order valence-corrected chi connectivity index (χ1v) is 8.94. The molecule has 0 saturated carbocycles. The summed E-state index contributed by atoms with van der Waals surface area (Å²) in [5.41, 5.74) is 0. The number of hydrogen-bond donors (Lipinski definition) is 1. The van der Waals surface area contributed by atoms with E-state index in [2.05, 4.69) is 19.7 Å². The Kier molecular flexibility index (Phi) is 8.64. The molecule has 1 radical (unpaired) electrons. The van der Waals surface area contributed by atoms with Gasteiger partial charge in [0.05, 0.1) is 14.2 Å². The standard InChI is InChI=1S/C14H14F3N5O6S.Na/c1-22(10-18-11(26-2)20-12(19-10)27-3)13(23)21-29(24,25)9-7-5-4-6-8(9)28-14(15,16)17;/h4-7H,1-3H3,(H,21,23);. The molecular formula is C14H14F3N5NaO6S. The number of ether oxygens (including phenoxy) is 3. The maximum absolute atomic E-state index is 12.5. The molecule has 1 aromatic carbocycles. The molecular weight excluding hydrogens is 446 g/mol. The first-order chi connectivity index (χ1) is 13.5. The van der Waals surface area contributed by atoms with Crippen molar-refractivity contribution >= 4 is 51.6 Å². The van der Waals surface area contributed by atoms with Crippen LogP contribution in [0.25, 0.3) is 0 Å². The van der Waals surface area contributed by atoms with Gasteiger partial charge < -0.3 is 14.2 Å². The number of rotatable bonds is 6. The van der Waals surface area contributed by atoms with Gasteiger partial charge in [-0.05, 0) is 12.1 Å². The minimum absolute atomic E-state index is 0. The van der Waals surface area contributed by atoms with Crippen molar-refractivity contribution in [3.05, 3.63) is 24.3 Å². The summed E-state index contributed by atoms with van der Waals surface area (Å²) in [4.78, 5) is 23.3. The van der Waals surface area contributed by atoms with Crippen molar-refractivity contribution in [3.63, 3.8) is 0 Å². The predicted octanol–water partition coefficient (Wildman–Crippen LogP) is 0.941. The topological polar surface area (TPSA) is 133 Å². The molecule has 30 heavy (non-hydrogen) atoms. The van der Waals surface area contributed by atoms with Gasteiger partial charge in [-0.25, -0.2) is 17.9 Å². The van der Waals surface area contributed by atoms with E-state index >= 15 is 0 Å². The van der Waals surface area contributed by atoms with Crippen LogP contribution >= 0.6 is 0 Å². The molecule has 1 heterocycles. The fourth-order valence-electron chi connectivity index (χ4n) is 1.87. The number of para-hydroxylation sites is 1.